The number of thiazole rings is 1. The smallest absolute Gasteiger partial charge is 0.245 e. The van der Waals surface area contributed by atoms with Gasteiger partial charge in [0.25, 0.3) is 0 Å². The molecule has 5 nitrogen and oxygen atoms in total. The Bertz CT molecular complexity index is 382. The summed E-state index contributed by atoms with van der Waals surface area (Å²) in [5, 5.41) is 7.48. The van der Waals surface area contributed by atoms with Crippen molar-refractivity contribution >= 4 is 28.3 Å². The first-order chi connectivity index (χ1) is 7.87. The summed E-state index contributed by atoms with van der Waals surface area (Å²) < 4.78 is 0. The maximum Gasteiger partial charge on any atom is 0.245 e. The Morgan fingerprint density at radius 1 is 1.35 bits per heavy atom. The van der Waals surface area contributed by atoms with E-state index in [0.29, 0.717) is 11.6 Å². The van der Waals surface area contributed by atoms with Crippen molar-refractivity contribution in [3.8, 4) is 0 Å². The zero-order valence-corrected chi connectivity index (χ0v) is 11.1. The van der Waals surface area contributed by atoms with E-state index in [2.05, 4.69) is 15.6 Å². The van der Waals surface area contributed by atoms with Crippen LogP contribution in [-0.4, -0.2) is 23.3 Å². The molecule has 1 rings (SSSR count). The van der Waals surface area contributed by atoms with Crippen LogP contribution in [0, 0.1) is 5.41 Å². The first-order valence-electron chi connectivity index (χ1n) is 5.33. The lowest BCUT2D eigenvalue weighted by molar-refractivity contribution is -0.125. The van der Waals surface area contributed by atoms with Gasteiger partial charge in [-0.2, -0.15) is 0 Å². The van der Waals surface area contributed by atoms with Crippen LogP contribution in [0.5, 0.6) is 0 Å². The molecule has 0 radical (unpaired) electrons. The second-order valence-corrected chi connectivity index (χ2v) is 5.79. The summed E-state index contributed by atoms with van der Waals surface area (Å²) in [6.07, 6.45) is 2.01. The number of hydrogen-bond donors (Lipinski definition) is 2. The fourth-order valence-electron chi connectivity index (χ4n) is 1.17. The first kappa shape index (κ1) is 13.6. The normalized spacial score (nSPS) is 11.0. The topological polar surface area (TPSA) is 71.1 Å². The molecule has 1 aromatic rings. The van der Waals surface area contributed by atoms with Gasteiger partial charge in [-0.05, 0) is 5.41 Å². The average Bonchev–Trinajstić information content (AvgIpc) is 2.64. The summed E-state index contributed by atoms with van der Waals surface area (Å²) >= 11 is 1.34. The van der Waals surface area contributed by atoms with E-state index in [1.807, 2.05) is 20.8 Å². The van der Waals surface area contributed by atoms with E-state index in [9.17, 15) is 9.59 Å². The number of rotatable bonds is 4. The summed E-state index contributed by atoms with van der Waals surface area (Å²) in [6, 6.07) is 0. The summed E-state index contributed by atoms with van der Waals surface area (Å²) in [5.41, 5.74) is -0.0735. The van der Waals surface area contributed by atoms with Gasteiger partial charge in [0.15, 0.2) is 5.13 Å². The third-order valence-electron chi connectivity index (χ3n) is 1.82. The van der Waals surface area contributed by atoms with Gasteiger partial charge in [-0.15, -0.1) is 11.3 Å². The van der Waals surface area contributed by atoms with Crippen LogP contribution in [0.15, 0.2) is 11.6 Å². The van der Waals surface area contributed by atoms with Crippen LogP contribution in [0.1, 0.15) is 27.2 Å². The number of carbonyl (C=O) groups is 2. The third-order valence-corrected chi connectivity index (χ3v) is 2.50. The molecular formula is C11H17N3O2S. The Labute approximate surface area is 105 Å². The minimum absolute atomic E-state index is 0.0194. The Kier molecular flexibility index (Phi) is 4.62. The lowest BCUT2D eigenvalue weighted by atomic mass is 9.92. The van der Waals surface area contributed by atoms with E-state index < -0.39 is 0 Å². The van der Waals surface area contributed by atoms with Crippen molar-refractivity contribution in [2.75, 3.05) is 11.9 Å². The summed E-state index contributed by atoms with van der Waals surface area (Å²) in [6.45, 7) is 5.90. The zero-order valence-electron chi connectivity index (χ0n) is 10.2. The number of nitrogens with zero attached hydrogens (tertiary/aromatic N) is 1. The molecule has 94 valence electrons. The maximum absolute atomic E-state index is 11.5. The van der Waals surface area contributed by atoms with Gasteiger partial charge in [0.05, 0.1) is 6.54 Å². The maximum atomic E-state index is 11.5. The number of hydrogen-bond acceptors (Lipinski definition) is 4. The highest BCUT2D eigenvalue weighted by Crippen LogP contribution is 2.17. The van der Waals surface area contributed by atoms with Crippen LogP contribution in [-0.2, 0) is 9.59 Å². The molecule has 1 heterocycles. The summed E-state index contributed by atoms with van der Waals surface area (Å²) in [5.74, 6) is -0.381. The van der Waals surface area contributed by atoms with E-state index in [4.69, 9.17) is 0 Å². The highest BCUT2D eigenvalue weighted by atomic mass is 32.1. The molecule has 0 atom stereocenters. The minimum atomic E-state index is -0.262. The predicted molar refractivity (Wildman–Crippen MR) is 67.8 cm³/mol. The Morgan fingerprint density at radius 3 is 2.59 bits per heavy atom. The lowest BCUT2D eigenvalue weighted by Gasteiger charge is -2.16. The minimum Gasteiger partial charge on any atom is -0.347 e. The van der Waals surface area contributed by atoms with Gasteiger partial charge >= 0.3 is 0 Å². The average molecular weight is 255 g/mol. The van der Waals surface area contributed by atoms with E-state index >= 15 is 0 Å². The summed E-state index contributed by atoms with van der Waals surface area (Å²) in [4.78, 5) is 26.8. The molecule has 0 aromatic carbocycles. The summed E-state index contributed by atoms with van der Waals surface area (Å²) in [7, 11) is 0. The SMILES string of the molecule is CC(C)(C)CC(=O)NCC(=O)Nc1nccs1. The second-order valence-electron chi connectivity index (χ2n) is 4.90. The Hall–Kier alpha value is -1.43. The Morgan fingerprint density at radius 2 is 2.06 bits per heavy atom. The van der Waals surface area contributed by atoms with Crippen molar-refractivity contribution in [1.82, 2.24) is 10.3 Å². The molecule has 17 heavy (non-hydrogen) atoms. The molecule has 6 heteroatoms. The standard InChI is InChI=1S/C11H17N3O2S/c1-11(2,3)6-8(15)13-7-9(16)14-10-12-4-5-17-10/h4-5H,6-7H2,1-3H3,(H,13,15)(H,12,14,16). The number of carbonyl (C=O) groups excluding carboxylic acids is 2. The van der Waals surface area contributed by atoms with Crippen molar-refractivity contribution in [1.29, 1.82) is 0 Å². The van der Waals surface area contributed by atoms with Crippen LogP contribution in [0.3, 0.4) is 0 Å². The third kappa shape index (κ3) is 6.01. The van der Waals surface area contributed by atoms with Crippen LogP contribution >= 0.6 is 11.3 Å². The molecule has 0 aliphatic carbocycles. The van der Waals surface area contributed by atoms with Gasteiger partial charge in [-0.25, -0.2) is 4.98 Å². The van der Waals surface area contributed by atoms with Crippen molar-refractivity contribution in [3.63, 3.8) is 0 Å². The largest absolute Gasteiger partial charge is 0.347 e. The molecule has 2 amide bonds. The van der Waals surface area contributed by atoms with Crippen LogP contribution in [0.2, 0.25) is 0 Å². The molecule has 0 spiro atoms. The molecule has 0 aliphatic rings. The van der Waals surface area contributed by atoms with Gasteiger partial charge in [0.1, 0.15) is 0 Å². The van der Waals surface area contributed by atoms with Crippen molar-refractivity contribution in [3.05, 3.63) is 11.6 Å². The fourth-order valence-corrected chi connectivity index (χ4v) is 1.72. The van der Waals surface area contributed by atoms with Gasteiger partial charge in [-0.3, -0.25) is 9.59 Å². The quantitative estimate of drug-likeness (QED) is 0.859. The molecule has 0 saturated heterocycles. The highest BCUT2D eigenvalue weighted by Gasteiger charge is 2.16. The monoisotopic (exact) mass is 255 g/mol. The van der Waals surface area contributed by atoms with Gasteiger partial charge < -0.3 is 10.6 Å². The van der Waals surface area contributed by atoms with Crippen molar-refractivity contribution in [2.24, 2.45) is 5.41 Å². The number of aromatic nitrogens is 1. The van der Waals surface area contributed by atoms with E-state index in [-0.39, 0.29) is 23.8 Å². The van der Waals surface area contributed by atoms with Crippen molar-refractivity contribution < 1.29 is 9.59 Å². The number of amides is 2. The van der Waals surface area contributed by atoms with Gasteiger partial charge in [-0.1, -0.05) is 20.8 Å². The van der Waals surface area contributed by atoms with Gasteiger partial charge in [0, 0.05) is 18.0 Å². The first-order valence-corrected chi connectivity index (χ1v) is 6.21. The molecular weight excluding hydrogens is 238 g/mol. The molecule has 0 bridgehead atoms. The second kappa shape index (κ2) is 5.77. The zero-order chi connectivity index (χ0) is 12.9. The number of anilines is 1. The Balaban J connectivity index is 2.26. The highest BCUT2D eigenvalue weighted by molar-refractivity contribution is 7.13. The lowest BCUT2D eigenvalue weighted by Crippen LogP contribution is -2.34. The number of nitrogens with one attached hydrogen (secondary N) is 2. The molecule has 2 N–H and O–H groups in total. The molecule has 1 aromatic heterocycles. The van der Waals surface area contributed by atoms with E-state index in [1.165, 1.54) is 11.3 Å². The molecule has 0 unspecified atom stereocenters. The van der Waals surface area contributed by atoms with Crippen LogP contribution in [0.25, 0.3) is 0 Å². The predicted octanol–water partition coefficient (Wildman–Crippen LogP) is 1.63. The van der Waals surface area contributed by atoms with Crippen LogP contribution < -0.4 is 10.6 Å². The molecule has 0 aliphatic heterocycles. The van der Waals surface area contributed by atoms with E-state index in [0.717, 1.165) is 0 Å². The van der Waals surface area contributed by atoms with E-state index in [1.54, 1.807) is 11.6 Å². The molecule has 0 fully saturated rings. The van der Waals surface area contributed by atoms with Gasteiger partial charge in [0.2, 0.25) is 11.8 Å². The van der Waals surface area contributed by atoms with Crippen molar-refractivity contribution in [2.45, 2.75) is 27.2 Å². The fraction of sp³-hybridized carbons (Fsp3) is 0.545. The van der Waals surface area contributed by atoms with Crippen LogP contribution in [0.4, 0.5) is 5.13 Å². The molecule has 0 saturated carbocycles.